The third-order valence-electron chi connectivity index (χ3n) is 6.97. The maximum atomic E-state index is 13.7. The lowest BCUT2D eigenvalue weighted by Gasteiger charge is -2.39. The quantitative estimate of drug-likeness (QED) is 0.463. The minimum Gasteiger partial charge on any atom is -0.394 e. The van der Waals surface area contributed by atoms with Crippen LogP contribution in [0.4, 0.5) is 11.5 Å². The van der Waals surface area contributed by atoms with Crippen LogP contribution in [0.5, 0.6) is 0 Å². The standard InChI is InChI=1S/C27H33N5O5/c1-17-9-25(34)30-24-4-3-20(11-22(17)24)29-27(35)23-10-19(13-31-5-7-36-8-6-31)12-28-26(23)32-14-21(15-33)37-16-18(32)2/h3-4,9-12,18,21,33H,5-8,13-16H2,1-2H3,(H,29,35)(H,30,34). The van der Waals surface area contributed by atoms with Crippen LogP contribution in [0.2, 0.25) is 0 Å². The summed E-state index contributed by atoms with van der Waals surface area (Å²) >= 11 is 0. The van der Waals surface area contributed by atoms with Gasteiger partial charge < -0.3 is 29.8 Å². The highest BCUT2D eigenvalue weighted by Crippen LogP contribution is 2.27. The highest BCUT2D eigenvalue weighted by atomic mass is 16.5. The van der Waals surface area contributed by atoms with Crippen LogP contribution in [-0.2, 0) is 16.0 Å². The molecule has 3 N–H and O–H groups in total. The van der Waals surface area contributed by atoms with Crippen LogP contribution in [0.1, 0.15) is 28.4 Å². The molecule has 1 amide bonds. The van der Waals surface area contributed by atoms with Gasteiger partial charge in [-0.2, -0.15) is 0 Å². The molecule has 4 heterocycles. The number of aliphatic hydroxyl groups is 1. The van der Waals surface area contributed by atoms with Crippen LogP contribution in [0.3, 0.4) is 0 Å². The van der Waals surface area contributed by atoms with E-state index in [9.17, 15) is 14.7 Å². The number of fused-ring (bicyclic) bond motifs is 1. The van der Waals surface area contributed by atoms with Crippen molar-refractivity contribution in [2.75, 3.05) is 56.3 Å². The van der Waals surface area contributed by atoms with Crippen LogP contribution < -0.4 is 15.8 Å². The van der Waals surface area contributed by atoms with Gasteiger partial charge in [0.2, 0.25) is 5.56 Å². The Kier molecular flexibility index (Phi) is 7.52. The number of morpholine rings is 2. The zero-order valence-electron chi connectivity index (χ0n) is 21.2. The third-order valence-corrected chi connectivity index (χ3v) is 6.97. The molecule has 2 aliphatic rings. The number of benzene rings is 1. The highest BCUT2D eigenvalue weighted by molar-refractivity contribution is 6.08. The Labute approximate surface area is 215 Å². The summed E-state index contributed by atoms with van der Waals surface area (Å²) < 4.78 is 11.2. The lowest BCUT2D eigenvalue weighted by molar-refractivity contribution is -0.0106. The van der Waals surface area contributed by atoms with Gasteiger partial charge in [-0.05, 0) is 49.2 Å². The SMILES string of the molecule is Cc1cc(=O)[nH]c2ccc(NC(=O)c3cc(CN4CCOCC4)cnc3N3CC(CO)OCC3C)cc12. The Morgan fingerprint density at radius 2 is 2.05 bits per heavy atom. The topological polar surface area (TPSA) is 120 Å². The molecule has 2 saturated heterocycles. The predicted octanol–water partition coefficient (Wildman–Crippen LogP) is 1.90. The van der Waals surface area contributed by atoms with E-state index in [-0.39, 0.29) is 30.2 Å². The van der Waals surface area contributed by atoms with E-state index in [1.54, 1.807) is 18.2 Å². The van der Waals surface area contributed by atoms with Crippen molar-refractivity contribution < 1.29 is 19.4 Å². The molecule has 2 unspecified atom stereocenters. The number of carbonyl (C=O) groups is 1. The van der Waals surface area contributed by atoms with E-state index in [0.29, 0.717) is 50.0 Å². The molecule has 196 valence electrons. The smallest absolute Gasteiger partial charge is 0.259 e. The number of aliphatic hydroxyl groups excluding tert-OH is 1. The fraction of sp³-hybridized carbons (Fsp3) is 0.444. The molecule has 10 nitrogen and oxygen atoms in total. The molecule has 2 fully saturated rings. The van der Waals surface area contributed by atoms with Crippen LogP contribution in [-0.4, -0.2) is 84.1 Å². The fourth-order valence-electron chi connectivity index (χ4n) is 4.92. The van der Waals surface area contributed by atoms with E-state index in [1.165, 1.54) is 0 Å². The van der Waals surface area contributed by atoms with Gasteiger partial charge in [-0.25, -0.2) is 4.98 Å². The Morgan fingerprint density at radius 3 is 2.84 bits per heavy atom. The second-order valence-corrected chi connectivity index (χ2v) is 9.77. The fourth-order valence-corrected chi connectivity index (χ4v) is 4.92. The first-order valence-corrected chi connectivity index (χ1v) is 12.6. The third kappa shape index (κ3) is 5.67. The van der Waals surface area contributed by atoms with Crippen molar-refractivity contribution in [2.24, 2.45) is 0 Å². The first-order valence-electron chi connectivity index (χ1n) is 12.6. The van der Waals surface area contributed by atoms with Crippen molar-refractivity contribution in [2.45, 2.75) is 32.5 Å². The van der Waals surface area contributed by atoms with E-state index in [2.05, 4.69) is 15.2 Å². The summed E-state index contributed by atoms with van der Waals surface area (Å²) in [7, 11) is 0. The van der Waals surface area contributed by atoms with Gasteiger partial charge in [0, 0.05) is 55.0 Å². The lowest BCUT2D eigenvalue weighted by atomic mass is 10.1. The van der Waals surface area contributed by atoms with Crippen molar-refractivity contribution in [3.8, 4) is 0 Å². The Balaban J connectivity index is 1.47. The number of hydrogen-bond acceptors (Lipinski definition) is 8. The maximum absolute atomic E-state index is 13.7. The normalized spacial score (nSPS) is 20.8. The van der Waals surface area contributed by atoms with Gasteiger partial charge in [-0.3, -0.25) is 14.5 Å². The number of rotatable bonds is 6. The average molecular weight is 508 g/mol. The Bertz CT molecular complexity index is 1340. The second-order valence-electron chi connectivity index (χ2n) is 9.77. The first-order chi connectivity index (χ1) is 17.9. The number of nitrogens with zero attached hydrogens (tertiary/aromatic N) is 3. The Hall–Kier alpha value is -3.31. The molecule has 0 bridgehead atoms. The van der Waals surface area contributed by atoms with Gasteiger partial charge in [0.15, 0.2) is 0 Å². The molecule has 10 heteroatoms. The average Bonchev–Trinajstić information content (AvgIpc) is 2.90. The summed E-state index contributed by atoms with van der Waals surface area (Å²) in [6.07, 6.45) is 1.49. The number of aryl methyl sites for hydroxylation is 1. The van der Waals surface area contributed by atoms with Crippen molar-refractivity contribution in [3.05, 3.63) is 63.6 Å². The molecule has 3 aromatic rings. The molecule has 0 saturated carbocycles. The number of aromatic amines is 1. The molecule has 37 heavy (non-hydrogen) atoms. The molecular formula is C27H33N5O5. The number of anilines is 2. The van der Waals surface area contributed by atoms with E-state index >= 15 is 0 Å². The molecule has 2 atom stereocenters. The van der Waals surface area contributed by atoms with Gasteiger partial charge >= 0.3 is 0 Å². The Morgan fingerprint density at radius 1 is 1.24 bits per heavy atom. The minimum absolute atomic E-state index is 0.00733. The van der Waals surface area contributed by atoms with Crippen LogP contribution in [0.15, 0.2) is 41.3 Å². The van der Waals surface area contributed by atoms with Crippen molar-refractivity contribution in [3.63, 3.8) is 0 Å². The number of amides is 1. The van der Waals surface area contributed by atoms with E-state index in [0.717, 1.165) is 35.1 Å². The number of pyridine rings is 2. The number of ether oxygens (including phenoxy) is 2. The lowest BCUT2D eigenvalue weighted by Crippen LogP contribution is -2.50. The van der Waals surface area contributed by atoms with Gasteiger partial charge in [0.05, 0.1) is 44.1 Å². The van der Waals surface area contributed by atoms with Crippen LogP contribution >= 0.6 is 0 Å². The molecule has 2 aromatic heterocycles. The molecular weight excluding hydrogens is 474 g/mol. The summed E-state index contributed by atoms with van der Waals surface area (Å²) in [5.74, 6) is 0.297. The minimum atomic E-state index is -0.340. The monoisotopic (exact) mass is 507 g/mol. The first kappa shape index (κ1) is 25.3. The van der Waals surface area contributed by atoms with Gasteiger partial charge in [0.1, 0.15) is 5.82 Å². The molecule has 0 radical (unpaired) electrons. The van der Waals surface area contributed by atoms with E-state index in [1.807, 2.05) is 37.1 Å². The van der Waals surface area contributed by atoms with Crippen molar-refractivity contribution in [1.82, 2.24) is 14.9 Å². The number of H-pyrrole nitrogens is 1. The maximum Gasteiger partial charge on any atom is 0.259 e. The predicted molar refractivity (Wildman–Crippen MR) is 141 cm³/mol. The molecule has 2 aliphatic heterocycles. The number of carbonyl (C=O) groups excluding carboxylic acids is 1. The van der Waals surface area contributed by atoms with Crippen LogP contribution in [0, 0.1) is 6.92 Å². The summed E-state index contributed by atoms with van der Waals surface area (Å²) in [5, 5.41) is 13.6. The molecule has 1 aromatic carbocycles. The van der Waals surface area contributed by atoms with E-state index in [4.69, 9.17) is 14.5 Å². The zero-order valence-corrected chi connectivity index (χ0v) is 21.2. The summed E-state index contributed by atoms with van der Waals surface area (Å²) in [6.45, 7) is 8.40. The number of hydrogen-bond donors (Lipinski definition) is 3. The largest absolute Gasteiger partial charge is 0.394 e. The molecule has 0 spiro atoms. The summed E-state index contributed by atoms with van der Waals surface area (Å²) in [6, 6.07) is 8.88. The summed E-state index contributed by atoms with van der Waals surface area (Å²) in [4.78, 5) is 37.4. The van der Waals surface area contributed by atoms with E-state index < -0.39 is 0 Å². The number of aromatic nitrogens is 2. The second kappa shape index (κ2) is 11.0. The zero-order chi connectivity index (χ0) is 25.9. The van der Waals surface area contributed by atoms with Crippen molar-refractivity contribution >= 4 is 28.3 Å². The van der Waals surface area contributed by atoms with Crippen LogP contribution in [0.25, 0.3) is 10.9 Å². The van der Waals surface area contributed by atoms with Gasteiger partial charge in [0.25, 0.3) is 5.91 Å². The van der Waals surface area contributed by atoms with Gasteiger partial charge in [-0.1, -0.05) is 0 Å². The summed E-state index contributed by atoms with van der Waals surface area (Å²) in [5.41, 5.74) is 3.43. The highest BCUT2D eigenvalue weighted by Gasteiger charge is 2.30. The van der Waals surface area contributed by atoms with Gasteiger partial charge in [-0.15, -0.1) is 0 Å². The van der Waals surface area contributed by atoms with Crippen molar-refractivity contribution in [1.29, 1.82) is 0 Å². The number of nitrogens with one attached hydrogen (secondary N) is 2. The molecule has 5 rings (SSSR count). The molecule has 0 aliphatic carbocycles.